The van der Waals surface area contributed by atoms with E-state index >= 15 is 0 Å². The van der Waals surface area contributed by atoms with E-state index in [4.69, 9.17) is 0 Å². The van der Waals surface area contributed by atoms with Gasteiger partial charge in [0.05, 0.1) is 0 Å². The molecule has 1 aromatic rings. The molecule has 0 aliphatic rings. The van der Waals surface area contributed by atoms with Gasteiger partial charge in [-0.3, -0.25) is 0 Å². The van der Waals surface area contributed by atoms with E-state index in [0.29, 0.717) is 12.0 Å². The van der Waals surface area contributed by atoms with Gasteiger partial charge >= 0.3 is 0 Å². The summed E-state index contributed by atoms with van der Waals surface area (Å²) in [6, 6.07) is 2.62. The van der Waals surface area contributed by atoms with Gasteiger partial charge in [0.15, 0.2) is 0 Å². The zero-order valence-corrected chi connectivity index (χ0v) is 11.5. The van der Waals surface area contributed by atoms with Gasteiger partial charge in [-0.05, 0) is 38.3 Å². The van der Waals surface area contributed by atoms with E-state index < -0.39 is 0 Å². The van der Waals surface area contributed by atoms with E-state index in [-0.39, 0.29) is 0 Å². The van der Waals surface area contributed by atoms with Crippen molar-refractivity contribution in [2.45, 2.75) is 53.0 Å². The molecule has 0 amide bonds. The lowest BCUT2D eigenvalue weighted by atomic mass is 9.99. The van der Waals surface area contributed by atoms with Crippen LogP contribution in [-0.4, -0.2) is 22.6 Å². The average Bonchev–Trinajstić information content (AvgIpc) is 2.25. The van der Waals surface area contributed by atoms with Crippen molar-refractivity contribution in [3.05, 3.63) is 23.8 Å². The van der Waals surface area contributed by atoms with Crippen LogP contribution in [-0.2, 0) is 6.42 Å². The van der Waals surface area contributed by atoms with Crippen molar-refractivity contribution in [3.63, 3.8) is 0 Å². The van der Waals surface area contributed by atoms with Crippen LogP contribution in [0.2, 0.25) is 0 Å². The number of aromatic nitrogens is 2. The third-order valence-corrected chi connectivity index (χ3v) is 2.75. The highest BCUT2D eigenvalue weighted by atomic mass is 14.9. The van der Waals surface area contributed by atoms with Crippen LogP contribution in [0.1, 0.15) is 45.0 Å². The second kappa shape index (κ2) is 7.38. The van der Waals surface area contributed by atoms with Crippen LogP contribution in [0.15, 0.2) is 12.4 Å². The number of nitrogens with zero attached hydrogens (tertiary/aromatic N) is 2. The molecular formula is C14H25N3. The zero-order valence-electron chi connectivity index (χ0n) is 11.5. The van der Waals surface area contributed by atoms with E-state index in [1.165, 1.54) is 12.8 Å². The second-order valence-electron chi connectivity index (χ2n) is 5.14. The molecule has 0 saturated carbocycles. The van der Waals surface area contributed by atoms with Crippen LogP contribution in [0.5, 0.6) is 0 Å². The molecule has 1 rings (SSSR count). The number of nitrogens with one attached hydrogen (secondary N) is 1. The molecule has 1 aromatic heterocycles. The maximum absolute atomic E-state index is 4.34. The van der Waals surface area contributed by atoms with Crippen molar-refractivity contribution in [1.82, 2.24) is 15.3 Å². The van der Waals surface area contributed by atoms with E-state index in [9.17, 15) is 0 Å². The van der Waals surface area contributed by atoms with Crippen LogP contribution in [0.4, 0.5) is 0 Å². The molecule has 0 saturated heterocycles. The molecule has 1 heterocycles. The van der Waals surface area contributed by atoms with Gasteiger partial charge < -0.3 is 5.32 Å². The summed E-state index contributed by atoms with van der Waals surface area (Å²) in [7, 11) is 0. The van der Waals surface area contributed by atoms with Crippen molar-refractivity contribution < 1.29 is 0 Å². The summed E-state index contributed by atoms with van der Waals surface area (Å²) in [6.07, 6.45) is 5.04. The molecule has 17 heavy (non-hydrogen) atoms. The molecule has 96 valence electrons. The first-order valence-electron chi connectivity index (χ1n) is 6.62. The monoisotopic (exact) mass is 235 g/mol. The topological polar surface area (TPSA) is 37.8 Å². The van der Waals surface area contributed by atoms with Crippen LogP contribution in [0.3, 0.4) is 0 Å². The molecule has 0 fully saturated rings. The fourth-order valence-electron chi connectivity index (χ4n) is 2.03. The predicted octanol–water partition coefficient (Wildman–Crippen LogP) is 2.74. The predicted molar refractivity (Wildman–Crippen MR) is 72.0 cm³/mol. The highest BCUT2D eigenvalue weighted by Gasteiger charge is 2.11. The molecule has 1 N–H and O–H groups in total. The van der Waals surface area contributed by atoms with Crippen molar-refractivity contribution in [1.29, 1.82) is 0 Å². The fraction of sp³-hybridized carbons (Fsp3) is 0.714. The van der Waals surface area contributed by atoms with E-state index in [1.807, 2.05) is 6.92 Å². The Kier molecular flexibility index (Phi) is 6.12. The smallest absolute Gasteiger partial charge is 0.115 e. The van der Waals surface area contributed by atoms with E-state index in [0.717, 1.165) is 24.4 Å². The van der Waals surface area contributed by atoms with Gasteiger partial charge in [-0.15, -0.1) is 0 Å². The Hall–Kier alpha value is -0.960. The maximum Gasteiger partial charge on any atom is 0.115 e. The minimum Gasteiger partial charge on any atom is -0.314 e. The van der Waals surface area contributed by atoms with Crippen molar-refractivity contribution in [2.24, 2.45) is 5.92 Å². The van der Waals surface area contributed by atoms with Crippen LogP contribution in [0.25, 0.3) is 0 Å². The molecule has 0 aromatic carbocycles. The Labute approximate surface area is 105 Å². The Morgan fingerprint density at radius 1 is 1.29 bits per heavy atom. The van der Waals surface area contributed by atoms with Gasteiger partial charge in [0.2, 0.25) is 0 Å². The van der Waals surface area contributed by atoms with Crippen LogP contribution >= 0.6 is 0 Å². The van der Waals surface area contributed by atoms with Gasteiger partial charge in [0.1, 0.15) is 6.33 Å². The Morgan fingerprint density at radius 3 is 2.65 bits per heavy atom. The minimum absolute atomic E-state index is 0.532. The van der Waals surface area contributed by atoms with Gasteiger partial charge in [0, 0.05) is 23.9 Å². The standard InChI is InChI=1S/C14H25N3/c1-5-6-15-13(7-11(2)3)9-14-8-12(4)16-10-17-14/h8,10-11,13,15H,5-7,9H2,1-4H3. The van der Waals surface area contributed by atoms with Gasteiger partial charge in [-0.1, -0.05) is 20.8 Å². The van der Waals surface area contributed by atoms with Crippen molar-refractivity contribution in [2.75, 3.05) is 6.54 Å². The molecule has 1 atom stereocenters. The molecule has 3 nitrogen and oxygen atoms in total. The Balaban J connectivity index is 2.58. The molecular weight excluding hydrogens is 210 g/mol. The van der Waals surface area contributed by atoms with Gasteiger partial charge in [-0.25, -0.2) is 9.97 Å². The first-order valence-corrected chi connectivity index (χ1v) is 6.62. The minimum atomic E-state index is 0.532. The number of aryl methyl sites for hydroxylation is 1. The summed E-state index contributed by atoms with van der Waals surface area (Å²) in [6.45, 7) is 9.84. The van der Waals surface area contributed by atoms with Crippen LogP contribution in [0, 0.1) is 12.8 Å². The highest BCUT2D eigenvalue weighted by Crippen LogP contribution is 2.10. The first kappa shape index (κ1) is 14.1. The molecule has 0 spiro atoms. The summed E-state index contributed by atoms with van der Waals surface area (Å²) in [5.74, 6) is 0.715. The summed E-state index contributed by atoms with van der Waals surface area (Å²) >= 11 is 0. The molecule has 0 bridgehead atoms. The SMILES string of the molecule is CCCNC(Cc1cc(C)ncn1)CC(C)C. The molecule has 0 aliphatic heterocycles. The number of hydrogen-bond donors (Lipinski definition) is 1. The van der Waals surface area contributed by atoms with Crippen molar-refractivity contribution in [3.8, 4) is 0 Å². The third-order valence-electron chi connectivity index (χ3n) is 2.75. The average molecular weight is 235 g/mol. The first-order chi connectivity index (χ1) is 8.11. The second-order valence-corrected chi connectivity index (χ2v) is 5.14. The maximum atomic E-state index is 4.34. The third kappa shape index (κ3) is 5.78. The quantitative estimate of drug-likeness (QED) is 0.789. The summed E-state index contributed by atoms with van der Waals surface area (Å²) in [5, 5.41) is 3.61. The lowest BCUT2D eigenvalue weighted by Gasteiger charge is -2.20. The summed E-state index contributed by atoms with van der Waals surface area (Å²) in [4.78, 5) is 8.48. The highest BCUT2D eigenvalue weighted by molar-refractivity contribution is 5.07. The van der Waals surface area contributed by atoms with E-state index in [1.54, 1.807) is 6.33 Å². The molecule has 3 heteroatoms. The Bertz CT molecular complexity index is 323. The normalized spacial score (nSPS) is 13.0. The zero-order chi connectivity index (χ0) is 12.7. The summed E-state index contributed by atoms with van der Waals surface area (Å²) in [5.41, 5.74) is 2.19. The summed E-state index contributed by atoms with van der Waals surface area (Å²) < 4.78 is 0. The van der Waals surface area contributed by atoms with Crippen LogP contribution < -0.4 is 5.32 Å². The lowest BCUT2D eigenvalue weighted by Crippen LogP contribution is -2.33. The van der Waals surface area contributed by atoms with Gasteiger partial charge in [-0.2, -0.15) is 0 Å². The largest absolute Gasteiger partial charge is 0.314 e. The number of rotatable bonds is 7. The van der Waals surface area contributed by atoms with E-state index in [2.05, 4.69) is 42.1 Å². The molecule has 1 unspecified atom stereocenters. The molecule has 0 aliphatic carbocycles. The fourth-order valence-corrected chi connectivity index (χ4v) is 2.03. The van der Waals surface area contributed by atoms with Gasteiger partial charge in [0.25, 0.3) is 0 Å². The van der Waals surface area contributed by atoms with Crippen molar-refractivity contribution >= 4 is 0 Å². The Morgan fingerprint density at radius 2 is 2.06 bits per heavy atom. The number of hydrogen-bond acceptors (Lipinski definition) is 3. The molecule has 0 radical (unpaired) electrons. The lowest BCUT2D eigenvalue weighted by molar-refractivity contribution is 0.413.